The highest BCUT2D eigenvalue weighted by Gasteiger charge is 2.42. The van der Waals surface area contributed by atoms with Crippen molar-refractivity contribution >= 4 is 26.0 Å². The summed E-state index contributed by atoms with van der Waals surface area (Å²) in [5.74, 6) is 0.358. The average molecular weight is 240 g/mol. The lowest BCUT2D eigenvalue weighted by Crippen LogP contribution is -2.50. The molecule has 0 aromatic rings. The van der Waals surface area contributed by atoms with Crippen LogP contribution in [0.5, 0.6) is 0 Å². The van der Waals surface area contributed by atoms with E-state index in [9.17, 15) is 13.2 Å². The zero-order valence-electron chi connectivity index (χ0n) is 7.94. The quantitative estimate of drug-likeness (QED) is 0.652. The molecule has 1 amide bonds. The Hall–Kier alpha value is -0.750. The fourth-order valence-corrected chi connectivity index (χ4v) is 2.90. The number of allylic oxidation sites excluding steroid dienone is 1. The molecule has 0 aromatic heterocycles. The van der Waals surface area contributed by atoms with E-state index in [4.69, 9.17) is 10.7 Å². The second-order valence-corrected chi connectivity index (χ2v) is 5.84. The zero-order chi connectivity index (χ0) is 11.1. The smallest absolute Gasteiger partial charge is 0.415 e. The summed E-state index contributed by atoms with van der Waals surface area (Å²) in [4.78, 5) is 11.3. The SMILES string of the molecule is CC1=CC(C)(C)N(S(=O)(=O)Cl)C(=O)O1. The Morgan fingerprint density at radius 1 is 1.50 bits per heavy atom. The van der Waals surface area contributed by atoms with Gasteiger partial charge in [-0.1, -0.05) is 0 Å². The second-order valence-electron chi connectivity index (χ2n) is 3.48. The van der Waals surface area contributed by atoms with Crippen molar-refractivity contribution in [3.05, 3.63) is 11.8 Å². The van der Waals surface area contributed by atoms with Gasteiger partial charge in [-0.3, -0.25) is 0 Å². The molecular weight excluding hydrogens is 230 g/mol. The third-order valence-corrected chi connectivity index (χ3v) is 3.18. The molecule has 7 heteroatoms. The molecule has 0 aliphatic carbocycles. The predicted octanol–water partition coefficient (Wildman–Crippen LogP) is 1.60. The van der Waals surface area contributed by atoms with Crippen molar-refractivity contribution in [1.29, 1.82) is 0 Å². The molecule has 1 heterocycles. The van der Waals surface area contributed by atoms with Gasteiger partial charge in [0.2, 0.25) is 0 Å². The first-order valence-electron chi connectivity index (χ1n) is 3.81. The van der Waals surface area contributed by atoms with Crippen LogP contribution in [-0.4, -0.2) is 24.4 Å². The maximum absolute atomic E-state index is 11.3. The van der Waals surface area contributed by atoms with E-state index in [1.807, 2.05) is 0 Å². The minimum absolute atomic E-state index is 0.358. The molecule has 14 heavy (non-hydrogen) atoms. The van der Waals surface area contributed by atoms with E-state index in [-0.39, 0.29) is 0 Å². The van der Waals surface area contributed by atoms with Crippen LogP contribution in [0.15, 0.2) is 11.8 Å². The summed E-state index contributed by atoms with van der Waals surface area (Å²) in [6.07, 6.45) is 0.527. The number of hydrogen-bond donors (Lipinski definition) is 0. The highest BCUT2D eigenvalue weighted by molar-refractivity contribution is 8.12. The summed E-state index contributed by atoms with van der Waals surface area (Å²) >= 11 is 0. The van der Waals surface area contributed by atoms with Gasteiger partial charge >= 0.3 is 15.3 Å². The Morgan fingerprint density at radius 2 is 2.00 bits per heavy atom. The predicted molar refractivity (Wildman–Crippen MR) is 50.9 cm³/mol. The zero-order valence-corrected chi connectivity index (χ0v) is 9.52. The maximum Gasteiger partial charge on any atom is 0.430 e. The summed E-state index contributed by atoms with van der Waals surface area (Å²) in [6, 6.07) is 0. The molecule has 0 saturated carbocycles. The molecule has 5 nitrogen and oxygen atoms in total. The number of carbonyl (C=O) groups is 1. The summed E-state index contributed by atoms with van der Waals surface area (Å²) in [7, 11) is 0.987. The molecule has 1 rings (SSSR count). The van der Waals surface area contributed by atoms with E-state index in [0.29, 0.717) is 10.1 Å². The summed E-state index contributed by atoms with van der Waals surface area (Å²) in [6.45, 7) is 4.67. The van der Waals surface area contributed by atoms with Crippen LogP contribution in [0.2, 0.25) is 0 Å². The number of ether oxygens (including phenoxy) is 1. The van der Waals surface area contributed by atoms with Crippen LogP contribution in [-0.2, 0) is 14.0 Å². The molecule has 1 aliphatic rings. The van der Waals surface area contributed by atoms with E-state index in [1.54, 1.807) is 20.8 Å². The number of hydrogen-bond acceptors (Lipinski definition) is 4. The fraction of sp³-hybridized carbons (Fsp3) is 0.571. The van der Waals surface area contributed by atoms with Crippen LogP contribution in [0.25, 0.3) is 0 Å². The van der Waals surface area contributed by atoms with Crippen molar-refractivity contribution in [3.63, 3.8) is 0 Å². The van der Waals surface area contributed by atoms with E-state index >= 15 is 0 Å². The lowest BCUT2D eigenvalue weighted by Gasteiger charge is -2.35. The van der Waals surface area contributed by atoms with Crippen LogP contribution >= 0.6 is 10.7 Å². The van der Waals surface area contributed by atoms with Crippen molar-refractivity contribution in [3.8, 4) is 0 Å². The standard InChI is InChI=1S/C7H10ClNO4S/c1-5-4-7(2,3)9(6(10)13-5)14(8,11)12/h4H,1-3H3. The molecule has 0 atom stereocenters. The van der Waals surface area contributed by atoms with Gasteiger partial charge in [-0.2, -0.15) is 12.7 Å². The second kappa shape index (κ2) is 3.13. The Balaban J connectivity index is 3.26. The Bertz CT molecular complexity index is 398. The molecular formula is C7H10ClNO4S. The minimum atomic E-state index is -4.12. The number of amides is 1. The van der Waals surface area contributed by atoms with Crippen LogP contribution < -0.4 is 0 Å². The van der Waals surface area contributed by atoms with Crippen LogP contribution in [0.3, 0.4) is 0 Å². The molecule has 1 aliphatic heterocycles. The molecule has 0 unspecified atom stereocenters. The molecule has 0 N–H and O–H groups in total. The third-order valence-electron chi connectivity index (χ3n) is 1.71. The van der Waals surface area contributed by atoms with Gasteiger partial charge in [0.25, 0.3) is 0 Å². The maximum atomic E-state index is 11.3. The summed E-state index contributed by atoms with van der Waals surface area (Å²) < 4.78 is 27.3. The van der Waals surface area contributed by atoms with E-state index in [0.717, 1.165) is 0 Å². The van der Waals surface area contributed by atoms with Gasteiger partial charge in [0.1, 0.15) is 5.76 Å². The van der Waals surface area contributed by atoms with Crippen molar-refractivity contribution in [2.45, 2.75) is 26.3 Å². The number of nitrogens with zero attached hydrogens (tertiary/aromatic N) is 1. The fourth-order valence-electron chi connectivity index (χ4n) is 1.37. The number of halogens is 1. The lowest BCUT2D eigenvalue weighted by atomic mass is 10.0. The van der Waals surface area contributed by atoms with E-state index in [1.165, 1.54) is 6.08 Å². The van der Waals surface area contributed by atoms with Crippen molar-refractivity contribution in [2.24, 2.45) is 0 Å². The molecule has 0 aromatic carbocycles. The average Bonchev–Trinajstić information content (AvgIpc) is 1.75. The van der Waals surface area contributed by atoms with Crippen molar-refractivity contribution in [1.82, 2.24) is 4.31 Å². The molecule has 0 saturated heterocycles. The minimum Gasteiger partial charge on any atom is -0.415 e. The topological polar surface area (TPSA) is 63.7 Å². The Labute approximate surface area is 86.8 Å². The van der Waals surface area contributed by atoms with Gasteiger partial charge in [-0.25, -0.2) is 4.79 Å². The largest absolute Gasteiger partial charge is 0.430 e. The highest BCUT2D eigenvalue weighted by atomic mass is 35.7. The first kappa shape index (κ1) is 11.3. The molecule has 0 fully saturated rings. The Morgan fingerprint density at radius 3 is 2.36 bits per heavy atom. The van der Waals surface area contributed by atoms with Gasteiger partial charge in [0.05, 0.1) is 5.54 Å². The molecule has 0 spiro atoms. The van der Waals surface area contributed by atoms with Gasteiger partial charge < -0.3 is 4.74 Å². The monoisotopic (exact) mass is 239 g/mol. The first-order valence-corrected chi connectivity index (χ1v) is 6.07. The number of rotatable bonds is 1. The van der Waals surface area contributed by atoms with Crippen LogP contribution in [0, 0.1) is 0 Å². The first-order chi connectivity index (χ1) is 6.14. The third kappa shape index (κ3) is 2.01. The van der Waals surface area contributed by atoms with Gasteiger partial charge in [0, 0.05) is 10.7 Å². The Kier molecular flexibility index (Phi) is 2.53. The number of cyclic esters (lactones) is 1. The summed E-state index contributed by atoms with van der Waals surface area (Å²) in [5, 5.41) is 0. The van der Waals surface area contributed by atoms with Crippen LogP contribution in [0.1, 0.15) is 20.8 Å². The molecule has 0 bridgehead atoms. The van der Waals surface area contributed by atoms with Crippen molar-refractivity contribution in [2.75, 3.05) is 0 Å². The summed E-state index contributed by atoms with van der Waals surface area (Å²) in [5.41, 5.74) is -1.00. The van der Waals surface area contributed by atoms with Crippen molar-refractivity contribution < 1.29 is 17.9 Å². The molecule has 0 radical (unpaired) electrons. The van der Waals surface area contributed by atoms with Gasteiger partial charge in [-0.05, 0) is 26.8 Å². The normalized spacial score (nSPS) is 21.6. The lowest BCUT2D eigenvalue weighted by molar-refractivity contribution is 0.122. The van der Waals surface area contributed by atoms with E-state index < -0.39 is 20.9 Å². The highest BCUT2D eigenvalue weighted by Crippen LogP contribution is 2.29. The van der Waals surface area contributed by atoms with Gasteiger partial charge in [0.15, 0.2) is 0 Å². The number of carbonyl (C=O) groups excluding carboxylic acids is 1. The van der Waals surface area contributed by atoms with Crippen LogP contribution in [0.4, 0.5) is 4.79 Å². The molecule has 80 valence electrons. The van der Waals surface area contributed by atoms with Gasteiger partial charge in [-0.15, -0.1) is 0 Å². The van der Waals surface area contributed by atoms with E-state index in [2.05, 4.69) is 4.74 Å².